The van der Waals surface area contributed by atoms with E-state index in [0.717, 1.165) is 52.6 Å². The van der Waals surface area contributed by atoms with Crippen LogP contribution < -0.4 is 5.73 Å². The molecule has 0 aromatic carbocycles. The van der Waals surface area contributed by atoms with E-state index in [-0.39, 0.29) is 0 Å². The van der Waals surface area contributed by atoms with E-state index in [9.17, 15) is 0 Å². The summed E-state index contributed by atoms with van der Waals surface area (Å²) >= 11 is 0. The summed E-state index contributed by atoms with van der Waals surface area (Å²) < 4.78 is 11.1. The predicted molar refractivity (Wildman–Crippen MR) is 88.6 cm³/mol. The monoisotopic (exact) mass is 300 g/mol. The van der Waals surface area contributed by atoms with Gasteiger partial charge in [0.1, 0.15) is 0 Å². The second-order valence-corrected chi connectivity index (χ2v) is 6.29. The Kier molecular flexibility index (Phi) is 10.3. The fourth-order valence-corrected chi connectivity index (χ4v) is 3.33. The molecule has 4 heteroatoms. The molecule has 0 bridgehead atoms. The standard InChI is InChI=1S/C17H36N2O2/c1-3-20-13-11-19(12-14-21-4-2)16-17(15-18)9-7-5-6-8-10-17/h3-16,18H2,1-2H3. The lowest BCUT2D eigenvalue weighted by Gasteiger charge is -2.37. The summed E-state index contributed by atoms with van der Waals surface area (Å²) in [6, 6.07) is 0. The Bertz CT molecular complexity index is 231. The third kappa shape index (κ3) is 7.59. The zero-order valence-electron chi connectivity index (χ0n) is 14.2. The molecule has 4 nitrogen and oxygen atoms in total. The number of ether oxygens (including phenoxy) is 2. The minimum Gasteiger partial charge on any atom is -0.380 e. The molecule has 1 aliphatic carbocycles. The van der Waals surface area contributed by atoms with E-state index in [2.05, 4.69) is 18.7 Å². The van der Waals surface area contributed by atoms with Gasteiger partial charge in [-0.3, -0.25) is 4.90 Å². The maximum absolute atomic E-state index is 6.18. The van der Waals surface area contributed by atoms with Crippen LogP contribution in [0.15, 0.2) is 0 Å². The van der Waals surface area contributed by atoms with Crippen LogP contribution in [0.25, 0.3) is 0 Å². The van der Waals surface area contributed by atoms with Crippen molar-refractivity contribution in [3.8, 4) is 0 Å². The lowest BCUT2D eigenvalue weighted by molar-refractivity contribution is 0.0555. The summed E-state index contributed by atoms with van der Waals surface area (Å²) in [6.07, 6.45) is 7.98. The minimum absolute atomic E-state index is 0.314. The highest BCUT2D eigenvalue weighted by Crippen LogP contribution is 2.34. The molecule has 0 unspecified atom stereocenters. The van der Waals surface area contributed by atoms with Crippen molar-refractivity contribution in [3.63, 3.8) is 0 Å². The molecule has 2 N–H and O–H groups in total. The third-order valence-electron chi connectivity index (χ3n) is 4.67. The normalized spacial score (nSPS) is 18.9. The summed E-state index contributed by atoms with van der Waals surface area (Å²) in [6.45, 7) is 11.2. The molecule has 1 rings (SSSR count). The Labute approximate surface area is 131 Å². The van der Waals surface area contributed by atoms with Gasteiger partial charge in [0, 0.05) is 32.8 Å². The topological polar surface area (TPSA) is 47.7 Å². The van der Waals surface area contributed by atoms with E-state index in [1.807, 2.05) is 0 Å². The first-order valence-electron chi connectivity index (χ1n) is 8.84. The van der Waals surface area contributed by atoms with Gasteiger partial charge in [0.05, 0.1) is 13.2 Å². The number of hydrogen-bond donors (Lipinski definition) is 1. The molecule has 126 valence electrons. The van der Waals surface area contributed by atoms with Crippen molar-refractivity contribution in [2.45, 2.75) is 52.4 Å². The maximum Gasteiger partial charge on any atom is 0.0593 e. The fourth-order valence-electron chi connectivity index (χ4n) is 3.33. The number of nitrogens with zero attached hydrogens (tertiary/aromatic N) is 1. The second kappa shape index (κ2) is 11.4. The number of nitrogens with two attached hydrogens (primary N) is 1. The highest BCUT2D eigenvalue weighted by Gasteiger charge is 2.31. The van der Waals surface area contributed by atoms with E-state index < -0.39 is 0 Å². The molecule has 0 spiro atoms. The van der Waals surface area contributed by atoms with Gasteiger partial charge in [-0.05, 0) is 38.6 Å². The Morgan fingerprint density at radius 2 is 1.43 bits per heavy atom. The average Bonchev–Trinajstić information content (AvgIpc) is 2.74. The highest BCUT2D eigenvalue weighted by molar-refractivity contribution is 4.86. The Morgan fingerprint density at radius 1 is 0.905 bits per heavy atom. The summed E-state index contributed by atoms with van der Waals surface area (Å²) in [5.74, 6) is 0. The first-order valence-corrected chi connectivity index (χ1v) is 8.84. The first kappa shape index (κ1) is 18.9. The van der Waals surface area contributed by atoms with Crippen LogP contribution in [-0.2, 0) is 9.47 Å². The van der Waals surface area contributed by atoms with Gasteiger partial charge in [0.2, 0.25) is 0 Å². The smallest absolute Gasteiger partial charge is 0.0593 e. The van der Waals surface area contributed by atoms with Gasteiger partial charge in [0.25, 0.3) is 0 Å². The highest BCUT2D eigenvalue weighted by atomic mass is 16.5. The van der Waals surface area contributed by atoms with Crippen molar-refractivity contribution in [1.29, 1.82) is 0 Å². The molecule has 21 heavy (non-hydrogen) atoms. The quantitative estimate of drug-likeness (QED) is 0.471. The van der Waals surface area contributed by atoms with Crippen LogP contribution in [0.5, 0.6) is 0 Å². The van der Waals surface area contributed by atoms with Crippen LogP contribution in [0.4, 0.5) is 0 Å². The van der Waals surface area contributed by atoms with Crippen molar-refractivity contribution in [2.24, 2.45) is 11.1 Å². The molecule has 0 radical (unpaired) electrons. The minimum atomic E-state index is 0.314. The molecule has 0 aliphatic heterocycles. The van der Waals surface area contributed by atoms with Crippen molar-refractivity contribution >= 4 is 0 Å². The van der Waals surface area contributed by atoms with Crippen molar-refractivity contribution in [3.05, 3.63) is 0 Å². The predicted octanol–water partition coefficient (Wildman–Crippen LogP) is 2.66. The van der Waals surface area contributed by atoms with Crippen LogP contribution in [-0.4, -0.2) is 57.5 Å². The molecule has 1 aliphatic rings. The van der Waals surface area contributed by atoms with Crippen molar-refractivity contribution < 1.29 is 9.47 Å². The zero-order chi connectivity index (χ0) is 15.4. The molecule has 0 amide bonds. The van der Waals surface area contributed by atoms with Crippen LogP contribution in [0.2, 0.25) is 0 Å². The van der Waals surface area contributed by atoms with E-state index in [1.54, 1.807) is 0 Å². The zero-order valence-corrected chi connectivity index (χ0v) is 14.2. The van der Waals surface area contributed by atoms with Crippen LogP contribution in [0.3, 0.4) is 0 Å². The van der Waals surface area contributed by atoms with Gasteiger partial charge >= 0.3 is 0 Å². The summed E-state index contributed by atoms with van der Waals surface area (Å²) in [5.41, 5.74) is 6.49. The molecular formula is C17H36N2O2. The Morgan fingerprint density at radius 3 is 1.86 bits per heavy atom. The molecule has 0 aromatic heterocycles. The molecular weight excluding hydrogens is 264 g/mol. The molecule has 0 saturated heterocycles. The number of hydrogen-bond acceptors (Lipinski definition) is 4. The summed E-state index contributed by atoms with van der Waals surface area (Å²) in [5, 5.41) is 0. The van der Waals surface area contributed by atoms with Gasteiger partial charge < -0.3 is 15.2 Å². The van der Waals surface area contributed by atoms with E-state index in [4.69, 9.17) is 15.2 Å². The third-order valence-corrected chi connectivity index (χ3v) is 4.67. The maximum atomic E-state index is 6.18. The van der Waals surface area contributed by atoms with Gasteiger partial charge in [0.15, 0.2) is 0 Å². The number of rotatable bonds is 11. The summed E-state index contributed by atoms with van der Waals surface area (Å²) in [7, 11) is 0. The van der Waals surface area contributed by atoms with Crippen LogP contribution in [0.1, 0.15) is 52.4 Å². The van der Waals surface area contributed by atoms with E-state index >= 15 is 0 Å². The lowest BCUT2D eigenvalue weighted by atomic mass is 9.80. The summed E-state index contributed by atoms with van der Waals surface area (Å²) in [4.78, 5) is 2.50. The molecule has 0 heterocycles. The van der Waals surface area contributed by atoms with Crippen LogP contribution in [0, 0.1) is 5.41 Å². The lowest BCUT2D eigenvalue weighted by Crippen LogP contribution is -2.44. The van der Waals surface area contributed by atoms with Gasteiger partial charge in [-0.15, -0.1) is 0 Å². The molecule has 0 atom stereocenters. The Hall–Kier alpha value is -0.160. The van der Waals surface area contributed by atoms with Crippen molar-refractivity contribution in [2.75, 3.05) is 52.6 Å². The molecule has 0 aromatic rings. The SMILES string of the molecule is CCOCCN(CCOCC)CC1(CN)CCCCCC1. The molecule has 1 fully saturated rings. The van der Waals surface area contributed by atoms with Gasteiger partial charge in [-0.1, -0.05) is 25.7 Å². The van der Waals surface area contributed by atoms with Gasteiger partial charge in [-0.2, -0.15) is 0 Å². The Balaban J connectivity index is 2.52. The average molecular weight is 300 g/mol. The second-order valence-electron chi connectivity index (χ2n) is 6.29. The van der Waals surface area contributed by atoms with Crippen LogP contribution >= 0.6 is 0 Å². The first-order chi connectivity index (χ1) is 10.3. The molecule has 1 saturated carbocycles. The van der Waals surface area contributed by atoms with E-state index in [0.29, 0.717) is 5.41 Å². The van der Waals surface area contributed by atoms with E-state index in [1.165, 1.54) is 38.5 Å². The van der Waals surface area contributed by atoms with Crippen molar-refractivity contribution in [1.82, 2.24) is 4.90 Å². The fraction of sp³-hybridized carbons (Fsp3) is 1.00. The van der Waals surface area contributed by atoms with Gasteiger partial charge in [-0.25, -0.2) is 0 Å². The largest absolute Gasteiger partial charge is 0.380 e.